The zero-order valence-electron chi connectivity index (χ0n) is 20.0. The number of ether oxygens (including phenoxy) is 1. The molecule has 2 aromatic rings. The molecule has 1 aliphatic carbocycles. The van der Waals surface area contributed by atoms with Crippen molar-refractivity contribution < 1.29 is 32.7 Å². The number of benzene rings is 1. The molecule has 2 heterocycles. The quantitative estimate of drug-likeness (QED) is 0.449. The number of Topliss-reactive ketones (excluding diaryl/α,β-unsaturated/α-hetero) is 1. The molecule has 12 heteroatoms. The first-order valence-electron chi connectivity index (χ1n) is 12.0. The van der Waals surface area contributed by atoms with Crippen molar-refractivity contribution in [3.8, 4) is 0 Å². The number of alkyl halides is 2. The number of morpholine rings is 1. The Morgan fingerprint density at radius 1 is 1.19 bits per heavy atom. The fraction of sp³-hybridized carbons (Fsp3) is 0.480. The van der Waals surface area contributed by atoms with Gasteiger partial charge < -0.3 is 20.3 Å². The molecule has 9 nitrogen and oxygen atoms in total. The molecule has 2 fully saturated rings. The summed E-state index contributed by atoms with van der Waals surface area (Å²) in [7, 11) is 0. The van der Waals surface area contributed by atoms with Gasteiger partial charge >= 0.3 is 0 Å². The molecule has 37 heavy (non-hydrogen) atoms. The van der Waals surface area contributed by atoms with E-state index in [1.54, 1.807) is 41.9 Å². The van der Waals surface area contributed by atoms with E-state index in [4.69, 9.17) is 4.74 Å². The van der Waals surface area contributed by atoms with E-state index in [1.807, 2.05) is 0 Å². The van der Waals surface area contributed by atoms with Crippen LogP contribution in [0.5, 0.6) is 0 Å². The molecule has 0 spiro atoms. The van der Waals surface area contributed by atoms with Crippen LogP contribution < -0.4 is 10.6 Å². The first-order valence-corrected chi connectivity index (χ1v) is 12.9. The van der Waals surface area contributed by atoms with Crippen LogP contribution in [0.4, 0.5) is 8.78 Å². The van der Waals surface area contributed by atoms with E-state index < -0.39 is 47.4 Å². The first-order chi connectivity index (χ1) is 17.7. The maximum atomic E-state index is 13.3. The highest BCUT2D eigenvalue weighted by Gasteiger charge is 2.47. The van der Waals surface area contributed by atoms with Crippen LogP contribution in [0.2, 0.25) is 0 Å². The Labute approximate surface area is 216 Å². The van der Waals surface area contributed by atoms with Crippen molar-refractivity contribution >= 4 is 34.8 Å². The van der Waals surface area contributed by atoms with E-state index in [-0.39, 0.29) is 52.0 Å². The third-order valence-electron chi connectivity index (χ3n) is 6.41. The van der Waals surface area contributed by atoms with Crippen LogP contribution in [-0.4, -0.2) is 71.2 Å². The Hall–Kier alpha value is -3.25. The highest BCUT2D eigenvalue weighted by molar-refractivity contribution is 7.09. The minimum atomic E-state index is -2.74. The number of ketones is 1. The Morgan fingerprint density at radius 3 is 2.62 bits per heavy atom. The predicted molar refractivity (Wildman–Crippen MR) is 130 cm³/mol. The number of rotatable bonds is 10. The van der Waals surface area contributed by atoms with E-state index >= 15 is 0 Å². The zero-order valence-corrected chi connectivity index (χ0v) is 20.8. The maximum absolute atomic E-state index is 13.3. The van der Waals surface area contributed by atoms with Crippen molar-refractivity contribution in [3.63, 3.8) is 0 Å². The van der Waals surface area contributed by atoms with Crippen LogP contribution in [0.1, 0.15) is 29.8 Å². The number of hydrogen-bond donors (Lipinski definition) is 2. The summed E-state index contributed by atoms with van der Waals surface area (Å²) in [6.07, 6.45) is 0.884. The van der Waals surface area contributed by atoms with E-state index in [1.165, 1.54) is 16.2 Å². The summed E-state index contributed by atoms with van der Waals surface area (Å²) >= 11 is 1.33. The normalized spacial score (nSPS) is 19.9. The summed E-state index contributed by atoms with van der Waals surface area (Å²) in [4.78, 5) is 57.2. The van der Waals surface area contributed by atoms with Gasteiger partial charge in [0.05, 0.1) is 19.8 Å². The smallest absolute Gasteiger partial charge is 0.289 e. The van der Waals surface area contributed by atoms with E-state index in [0.29, 0.717) is 5.01 Å². The van der Waals surface area contributed by atoms with Gasteiger partial charge in [0.1, 0.15) is 17.1 Å². The minimum Gasteiger partial charge on any atom is -0.377 e. The standard InChI is InChI=1S/C25H28F2N4O5S/c26-25(27)12-17(13-25)11-21(32)31-7-8-36-15-19(31)23(34)30-18(10-16-4-2-1-3-5-16)22(33)24(35)29-14-20-28-6-9-37-20/h1-6,9,17-19H,7-8,10-15H2,(H,29,35)(H,30,34)/t18-,19-/m1/s1. The number of nitrogens with zero attached hydrogens (tertiary/aromatic N) is 2. The summed E-state index contributed by atoms with van der Waals surface area (Å²) in [6.45, 7) is 0.321. The van der Waals surface area contributed by atoms with Gasteiger partial charge in [-0.1, -0.05) is 30.3 Å². The van der Waals surface area contributed by atoms with Crippen molar-refractivity contribution in [2.24, 2.45) is 5.92 Å². The second-order valence-corrected chi connectivity index (χ2v) is 10.2. The van der Waals surface area contributed by atoms with Gasteiger partial charge in [-0.15, -0.1) is 11.3 Å². The minimum absolute atomic E-state index is 0.0643. The van der Waals surface area contributed by atoms with Crippen LogP contribution in [0.25, 0.3) is 0 Å². The second kappa shape index (κ2) is 11.9. The molecule has 4 rings (SSSR count). The van der Waals surface area contributed by atoms with Gasteiger partial charge in [0.25, 0.3) is 5.91 Å². The van der Waals surface area contributed by atoms with Gasteiger partial charge in [-0.2, -0.15) is 0 Å². The van der Waals surface area contributed by atoms with Gasteiger partial charge in [-0.3, -0.25) is 19.2 Å². The monoisotopic (exact) mass is 534 g/mol. The number of amides is 3. The Morgan fingerprint density at radius 2 is 1.95 bits per heavy atom. The fourth-order valence-electron chi connectivity index (χ4n) is 4.48. The van der Waals surface area contributed by atoms with Crippen LogP contribution in [-0.2, 0) is 36.9 Å². The number of hydrogen-bond acceptors (Lipinski definition) is 7. The van der Waals surface area contributed by atoms with Crippen molar-refractivity contribution in [2.45, 2.75) is 50.2 Å². The average molecular weight is 535 g/mol. The Kier molecular flexibility index (Phi) is 8.59. The molecular formula is C25H28F2N4O5S. The molecule has 1 aromatic carbocycles. The summed E-state index contributed by atoms with van der Waals surface area (Å²) in [5.41, 5.74) is 0.729. The number of thiazole rings is 1. The van der Waals surface area contributed by atoms with E-state index in [2.05, 4.69) is 15.6 Å². The number of carbonyl (C=O) groups is 4. The molecule has 0 bridgehead atoms. The van der Waals surface area contributed by atoms with E-state index in [9.17, 15) is 28.0 Å². The highest BCUT2D eigenvalue weighted by atomic mass is 32.1. The number of halogens is 2. The van der Waals surface area contributed by atoms with Gasteiger partial charge in [-0.05, 0) is 11.5 Å². The summed E-state index contributed by atoms with van der Waals surface area (Å²) in [5, 5.41) is 7.54. The zero-order chi connectivity index (χ0) is 26.4. The molecule has 2 aliphatic rings. The molecule has 198 valence electrons. The van der Waals surface area contributed by atoms with E-state index in [0.717, 1.165) is 5.56 Å². The molecule has 0 radical (unpaired) electrons. The van der Waals surface area contributed by atoms with Crippen LogP contribution in [0, 0.1) is 5.92 Å². The topological polar surface area (TPSA) is 118 Å². The fourth-order valence-corrected chi connectivity index (χ4v) is 5.04. The number of nitrogens with one attached hydrogen (secondary N) is 2. The molecule has 0 unspecified atom stereocenters. The lowest BCUT2D eigenvalue weighted by atomic mass is 9.79. The Bertz CT molecular complexity index is 1110. The third-order valence-corrected chi connectivity index (χ3v) is 7.19. The van der Waals surface area contributed by atoms with Crippen LogP contribution in [0.3, 0.4) is 0 Å². The van der Waals surface area contributed by atoms with Crippen LogP contribution in [0.15, 0.2) is 41.9 Å². The lowest BCUT2D eigenvalue weighted by molar-refractivity contribution is -0.155. The molecule has 1 aromatic heterocycles. The van der Waals surface area contributed by atoms with Gasteiger partial charge in [-0.25, -0.2) is 13.8 Å². The SMILES string of the molecule is O=C(NCc1nccs1)C(=O)[C@@H](Cc1ccccc1)NC(=O)[C@H]1COCCN1C(=O)CC1CC(F)(F)C1. The van der Waals surface area contributed by atoms with Crippen molar-refractivity contribution in [1.29, 1.82) is 0 Å². The number of carbonyl (C=O) groups excluding carboxylic acids is 4. The summed E-state index contributed by atoms with van der Waals surface area (Å²) in [5.74, 6) is -5.92. The van der Waals surface area contributed by atoms with Crippen molar-refractivity contribution in [1.82, 2.24) is 20.5 Å². The number of aromatic nitrogens is 1. The second-order valence-electron chi connectivity index (χ2n) is 9.24. The summed E-state index contributed by atoms with van der Waals surface area (Å²) < 4.78 is 31.8. The molecule has 1 aliphatic heterocycles. The highest BCUT2D eigenvalue weighted by Crippen LogP contribution is 2.44. The maximum Gasteiger partial charge on any atom is 0.289 e. The van der Waals surface area contributed by atoms with Crippen LogP contribution >= 0.6 is 11.3 Å². The molecule has 1 saturated heterocycles. The molecular weight excluding hydrogens is 506 g/mol. The first kappa shape index (κ1) is 26.8. The lowest BCUT2D eigenvalue weighted by Gasteiger charge is -2.39. The molecule has 1 saturated carbocycles. The molecule has 3 amide bonds. The summed E-state index contributed by atoms with van der Waals surface area (Å²) in [6, 6.07) is 6.69. The predicted octanol–water partition coefficient (Wildman–Crippen LogP) is 1.72. The molecule has 2 atom stereocenters. The molecule has 2 N–H and O–H groups in total. The van der Waals surface area contributed by atoms with Crippen molar-refractivity contribution in [2.75, 3.05) is 19.8 Å². The van der Waals surface area contributed by atoms with Gasteiger partial charge in [0.15, 0.2) is 0 Å². The largest absolute Gasteiger partial charge is 0.377 e. The van der Waals surface area contributed by atoms with Gasteiger partial charge in [0, 0.05) is 43.8 Å². The Balaban J connectivity index is 1.43. The average Bonchev–Trinajstić information content (AvgIpc) is 3.39. The third kappa shape index (κ3) is 7.16. The van der Waals surface area contributed by atoms with Crippen molar-refractivity contribution in [3.05, 3.63) is 52.5 Å². The lowest BCUT2D eigenvalue weighted by Crippen LogP contribution is -2.59. The van der Waals surface area contributed by atoms with Gasteiger partial charge in [0.2, 0.25) is 23.5 Å².